The van der Waals surface area contributed by atoms with Crippen LogP contribution in [0, 0.1) is 11.8 Å². The highest BCUT2D eigenvalue weighted by Crippen LogP contribution is 2.20. The molecule has 2 unspecified atom stereocenters. The molecule has 0 bridgehead atoms. The molecule has 1 saturated heterocycles. The van der Waals surface area contributed by atoms with Crippen molar-refractivity contribution in [1.82, 2.24) is 4.90 Å². The van der Waals surface area contributed by atoms with E-state index in [2.05, 4.69) is 4.90 Å². The number of hydrogen-bond donors (Lipinski definition) is 1. The zero-order valence-electron chi connectivity index (χ0n) is 8.66. The van der Waals surface area contributed by atoms with Crippen molar-refractivity contribution in [1.29, 1.82) is 0 Å². The van der Waals surface area contributed by atoms with E-state index in [1.165, 1.54) is 0 Å². The molecule has 1 rings (SSSR count). The minimum Gasteiger partial charge on any atom is -0.385 e. The van der Waals surface area contributed by atoms with Gasteiger partial charge in [-0.3, -0.25) is 4.79 Å². The number of Topliss-reactive ketones (excluding diaryl/α,β-unsaturated/α-hetero) is 1. The van der Waals surface area contributed by atoms with Crippen LogP contribution in [0.5, 0.6) is 0 Å². The number of aliphatic hydroxyl groups excluding tert-OH is 1. The smallest absolute Gasteiger partial charge is 0.164 e. The van der Waals surface area contributed by atoms with Crippen LogP contribution in [-0.2, 0) is 4.79 Å². The van der Waals surface area contributed by atoms with Crippen molar-refractivity contribution in [2.45, 2.75) is 26.4 Å². The molecular formula is C10H19NO2. The molecule has 1 heterocycles. The summed E-state index contributed by atoms with van der Waals surface area (Å²) in [5, 5.41) is 9.73. The first-order chi connectivity index (χ1) is 6.02. The van der Waals surface area contributed by atoms with Crippen molar-refractivity contribution in [2.24, 2.45) is 11.8 Å². The van der Waals surface area contributed by atoms with Gasteiger partial charge in [0.25, 0.3) is 0 Å². The lowest BCUT2D eigenvalue weighted by Gasteiger charge is -2.18. The van der Waals surface area contributed by atoms with Crippen molar-refractivity contribution in [2.75, 3.05) is 20.1 Å². The second-order valence-corrected chi connectivity index (χ2v) is 4.31. The highest BCUT2D eigenvalue weighted by atomic mass is 16.3. The van der Waals surface area contributed by atoms with Crippen molar-refractivity contribution < 1.29 is 9.90 Å². The quantitative estimate of drug-likeness (QED) is 0.697. The Labute approximate surface area is 79.7 Å². The molecule has 1 fully saturated rings. The molecule has 1 aliphatic rings. The molecule has 0 aromatic heterocycles. The van der Waals surface area contributed by atoms with E-state index < -0.39 is 6.10 Å². The zero-order chi connectivity index (χ0) is 10.0. The van der Waals surface area contributed by atoms with E-state index in [0.717, 1.165) is 19.5 Å². The first-order valence-corrected chi connectivity index (χ1v) is 4.92. The molecule has 0 aromatic carbocycles. The summed E-state index contributed by atoms with van der Waals surface area (Å²) < 4.78 is 0. The van der Waals surface area contributed by atoms with Gasteiger partial charge in [0.15, 0.2) is 5.78 Å². The standard InChI is InChI=1S/C10H19NO2/c1-7(2)9(12)10(13)8-4-5-11(3)6-8/h7-8,10,13H,4-6H2,1-3H3. The molecule has 0 radical (unpaired) electrons. The van der Waals surface area contributed by atoms with E-state index in [-0.39, 0.29) is 17.6 Å². The molecule has 0 aliphatic carbocycles. The summed E-state index contributed by atoms with van der Waals surface area (Å²) in [5.41, 5.74) is 0. The third-order valence-electron chi connectivity index (χ3n) is 2.73. The van der Waals surface area contributed by atoms with Gasteiger partial charge in [-0.05, 0) is 20.0 Å². The molecule has 1 aliphatic heterocycles. The Hall–Kier alpha value is -0.410. The summed E-state index contributed by atoms with van der Waals surface area (Å²) in [6, 6.07) is 0. The van der Waals surface area contributed by atoms with Crippen LogP contribution in [-0.4, -0.2) is 42.0 Å². The molecule has 3 nitrogen and oxygen atoms in total. The van der Waals surface area contributed by atoms with Gasteiger partial charge in [0, 0.05) is 18.4 Å². The minimum atomic E-state index is -0.745. The Bertz CT molecular complexity index is 191. The molecule has 0 saturated carbocycles. The summed E-state index contributed by atoms with van der Waals surface area (Å²) in [5.74, 6) is 0.0844. The molecule has 2 atom stereocenters. The summed E-state index contributed by atoms with van der Waals surface area (Å²) >= 11 is 0. The van der Waals surface area contributed by atoms with Crippen molar-refractivity contribution >= 4 is 5.78 Å². The largest absolute Gasteiger partial charge is 0.385 e. The maximum Gasteiger partial charge on any atom is 0.164 e. The van der Waals surface area contributed by atoms with Gasteiger partial charge in [0.1, 0.15) is 6.10 Å². The molecular weight excluding hydrogens is 166 g/mol. The lowest BCUT2D eigenvalue weighted by molar-refractivity contribution is -0.132. The average molecular weight is 185 g/mol. The first kappa shape index (κ1) is 10.7. The predicted molar refractivity (Wildman–Crippen MR) is 51.5 cm³/mol. The molecule has 0 aromatic rings. The number of likely N-dealkylation sites (tertiary alicyclic amines) is 1. The molecule has 3 heteroatoms. The molecule has 0 amide bonds. The van der Waals surface area contributed by atoms with E-state index in [0.29, 0.717) is 0 Å². The maximum atomic E-state index is 11.5. The highest BCUT2D eigenvalue weighted by Gasteiger charge is 2.31. The Morgan fingerprint density at radius 2 is 2.15 bits per heavy atom. The number of ketones is 1. The van der Waals surface area contributed by atoms with Gasteiger partial charge >= 0.3 is 0 Å². The van der Waals surface area contributed by atoms with Crippen LogP contribution in [0.1, 0.15) is 20.3 Å². The number of nitrogens with zero attached hydrogens (tertiary/aromatic N) is 1. The van der Waals surface area contributed by atoms with E-state index in [1.54, 1.807) is 0 Å². The van der Waals surface area contributed by atoms with Crippen molar-refractivity contribution in [3.63, 3.8) is 0 Å². The Kier molecular flexibility index (Phi) is 3.45. The minimum absolute atomic E-state index is 0.0136. The molecule has 1 N–H and O–H groups in total. The Morgan fingerprint density at radius 1 is 1.54 bits per heavy atom. The van der Waals surface area contributed by atoms with Gasteiger partial charge in [-0.1, -0.05) is 13.8 Å². The lowest BCUT2D eigenvalue weighted by Crippen LogP contribution is -2.34. The Balaban J connectivity index is 2.48. The summed E-state index contributed by atoms with van der Waals surface area (Å²) in [6.45, 7) is 5.52. The van der Waals surface area contributed by atoms with Gasteiger partial charge < -0.3 is 10.0 Å². The number of rotatable bonds is 3. The Morgan fingerprint density at radius 3 is 2.54 bits per heavy atom. The third kappa shape index (κ3) is 2.51. The maximum absolute atomic E-state index is 11.5. The second-order valence-electron chi connectivity index (χ2n) is 4.31. The monoisotopic (exact) mass is 185 g/mol. The second kappa shape index (κ2) is 4.20. The summed E-state index contributed by atoms with van der Waals surface area (Å²) in [7, 11) is 2.02. The van der Waals surface area contributed by atoms with Crippen LogP contribution >= 0.6 is 0 Å². The normalized spacial score (nSPS) is 26.7. The summed E-state index contributed by atoms with van der Waals surface area (Å²) in [4.78, 5) is 13.6. The molecule has 13 heavy (non-hydrogen) atoms. The van der Waals surface area contributed by atoms with Gasteiger partial charge in [-0.2, -0.15) is 0 Å². The average Bonchev–Trinajstić information content (AvgIpc) is 2.49. The number of carbonyl (C=O) groups excluding carboxylic acids is 1. The third-order valence-corrected chi connectivity index (χ3v) is 2.73. The zero-order valence-corrected chi connectivity index (χ0v) is 8.66. The number of carbonyl (C=O) groups is 1. The van der Waals surface area contributed by atoms with Crippen LogP contribution < -0.4 is 0 Å². The fraction of sp³-hybridized carbons (Fsp3) is 0.900. The SMILES string of the molecule is CC(C)C(=O)C(O)C1CCN(C)C1. The fourth-order valence-corrected chi connectivity index (χ4v) is 1.80. The van der Waals surface area contributed by atoms with E-state index in [1.807, 2.05) is 20.9 Å². The molecule has 76 valence electrons. The van der Waals surface area contributed by atoms with E-state index in [4.69, 9.17) is 0 Å². The fourth-order valence-electron chi connectivity index (χ4n) is 1.80. The van der Waals surface area contributed by atoms with Crippen molar-refractivity contribution in [3.05, 3.63) is 0 Å². The van der Waals surface area contributed by atoms with Crippen LogP contribution in [0.15, 0.2) is 0 Å². The first-order valence-electron chi connectivity index (χ1n) is 4.92. The van der Waals surface area contributed by atoms with Gasteiger partial charge in [0.05, 0.1) is 0 Å². The van der Waals surface area contributed by atoms with Crippen LogP contribution in [0.2, 0.25) is 0 Å². The van der Waals surface area contributed by atoms with E-state index >= 15 is 0 Å². The number of hydrogen-bond acceptors (Lipinski definition) is 3. The number of aliphatic hydroxyl groups is 1. The van der Waals surface area contributed by atoms with Crippen LogP contribution in [0.25, 0.3) is 0 Å². The van der Waals surface area contributed by atoms with Crippen LogP contribution in [0.3, 0.4) is 0 Å². The van der Waals surface area contributed by atoms with Gasteiger partial charge in [-0.15, -0.1) is 0 Å². The topological polar surface area (TPSA) is 40.5 Å². The molecule has 0 spiro atoms. The highest BCUT2D eigenvalue weighted by molar-refractivity contribution is 5.84. The van der Waals surface area contributed by atoms with Gasteiger partial charge in [0.2, 0.25) is 0 Å². The predicted octanol–water partition coefficient (Wildman–Crippen LogP) is 0.524. The van der Waals surface area contributed by atoms with Crippen molar-refractivity contribution in [3.8, 4) is 0 Å². The summed E-state index contributed by atoms with van der Waals surface area (Å²) in [6.07, 6.45) is 0.195. The van der Waals surface area contributed by atoms with E-state index in [9.17, 15) is 9.90 Å². The van der Waals surface area contributed by atoms with Crippen LogP contribution in [0.4, 0.5) is 0 Å². The van der Waals surface area contributed by atoms with Gasteiger partial charge in [-0.25, -0.2) is 0 Å². The lowest BCUT2D eigenvalue weighted by atomic mass is 9.93.